The number of hydrogen-bond acceptors (Lipinski definition) is 6. The lowest BCUT2D eigenvalue weighted by molar-refractivity contribution is -0.605. The molecule has 1 aromatic heterocycles. The number of ketones is 2. The molecule has 0 amide bonds. The number of pyridine rings is 1. The van der Waals surface area contributed by atoms with Crippen LogP contribution in [0, 0.1) is 17.9 Å². The highest BCUT2D eigenvalue weighted by molar-refractivity contribution is 7.87. The SMILES string of the molecule is Cc1ccc(S(=O)(=O)Oc2ccc(F)c3c2C(=O)c2c[n+]([O-])ccc2C3=O)cc1. The lowest BCUT2D eigenvalue weighted by Gasteiger charge is -2.19. The standard InChI is InChI=1S/C20H12FNO6S/c1-11-2-4-12(5-3-11)29(26,27)28-16-7-6-15(21)17-18(16)20(24)14-10-22(25)9-8-13(14)19(17)23/h2-10H,1H3. The fourth-order valence-corrected chi connectivity index (χ4v) is 4.01. The summed E-state index contributed by atoms with van der Waals surface area (Å²) in [6.07, 6.45) is 1.89. The maximum atomic E-state index is 14.4. The number of carbonyl (C=O) groups excluding carboxylic acids is 2. The number of hydrogen-bond donors (Lipinski definition) is 0. The van der Waals surface area contributed by atoms with E-state index in [2.05, 4.69) is 0 Å². The highest BCUT2D eigenvalue weighted by Crippen LogP contribution is 2.35. The van der Waals surface area contributed by atoms with Gasteiger partial charge in [-0.25, -0.2) is 4.39 Å². The monoisotopic (exact) mass is 413 g/mol. The highest BCUT2D eigenvalue weighted by atomic mass is 32.2. The van der Waals surface area contributed by atoms with E-state index in [1.54, 1.807) is 19.1 Å². The van der Waals surface area contributed by atoms with E-state index in [1.807, 2.05) is 0 Å². The van der Waals surface area contributed by atoms with Gasteiger partial charge in [0.15, 0.2) is 23.9 Å². The van der Waals surface area contributed by atoms with Crippen LogP contribution < -0.4 is 8.91 Å². The Labute approximate surface area is 164 Å². The van der Waals surface area contributed by atoms with Crippen LogP contribution in [0.3, 0.4) is 0 Å². The summed E-state index contributed by atoms with van der Waals surface area (Å²) in [7, 11) is -4.36. The first-order chi connectivity index (χ1) is 13.7. The first kappa shape index (κ1) is 18.8. The molecule has 0 spiro atoms. The number of benzene rings is 2. The third-order valence-electron chi connectivity index (χ3n) is 4.50. The maximum Gasteiger partial charge on any atom is 0.339 e. The van der Waals surface area contributed by atoms with Crippen LogP contribution in [0.1, 0.15) is 37.4 Å². The van der Waals surface area contributed by atoms with Crippen LogP contribution in [-0.4, -0.2) is 20.0 Å². The van der Waals surface area contributed by atoms with E-state index in [9.17, 15) is 27.6 Å². The third-order valence-corrected chi connectivity index (χ3v) is 5.75. The third kappa shape index (κ3) is 3.05. The first-order valence-corrected chi connectivity index (χ1v) is 9.76. The molecule has 0 fully saturated rings. The number of nitrogens with zero attached hydrogens (tertiary/aromatic N) is 1. The molecule has 7 nitrogen and oxygen atoms in total. The van der Waals surface area contributed by atoms with Crippen molar-refractivity contribution in [1.29, 1.82) is 0 Å². The van der Waals surface area contributed by atoms with Gasteiger partial charge in [-0.15, -0.1) is 0 Å². The summed E-state index contributed by atoms with van der Waals surface area (Å²) in [6, 6.07) is 8.70. The van der Waals surface area contributed by atoms with Crippen molar-refractivity contribution in [2.24, 2.45) is 0 Å². The minimum Gasteiger partial charge on any atom is -0.619 e. The molecule has 3 aromatic rings. The van der Waals surface area contributed by atoms with Gasteiger partial charge in [-0.3, -0.25) is 9.59 Å². The Bertz CT molecular complexity index is 1300. The number of aromatic nitrogens is 1. The Morgan fingerprint density at radius 1 is 0.931 bits per heavy atom. The van der Waals surface area contributed by atoms with E-state index in [0.29, 0.717) is 4.73 Å². The molecule has 0 atom stereocenters. The van der Waals surface area contributed by atoms with Crippen LogP contribution >= 0.6 is 0 Å². The van der Waals surface area contributed by atoms with E-state index in [1.165, 1.54) is 12.1 Å². The fraction of sp³-hybridized carbons (Fsp3) is 0.0500. The van der Waals surface area contributed by atoms with Gasteiger partial charge in [0.1, 0.15) is 10.7 Å². The minimum absolute atomic E-state index is 0.146. The molecular formula is C20H12FNO6S. The average Bonchev–Trinajstić information content (AvgIpc) is 2.67. The number of halogens is 1. The maximum absolute atomic E-state index is 14.4. The van der Waals surface area contributed by atoms with Crippen LogP contribution in [0.25, 0.3) is 0 Å². The summed E-state index contributed by atoms with van der Waals surface area (Å²) in [6.45, 7) is 1.78. The predicted molar refractivity (Wildman–Crippen MR) is 97.7 cm³/mol. The minimum atomic E-state index is -4.36. The van der Waals surface area contributed by atoms with Crippen molar-refractivity contribution >= 4 is 21.7 Å². The van der Waals surface area contributed by atoms with Crippen molar-refractivity contribution < 1.29 is 31.3 Å². The normalized spacial score (nSPS) is 13.0. The summed E-state index contributed by atoms with van der Waals surface area (Å²) >= 11 is 0. The van der Waals surface area contributed by atoms with Gasteiger partial charge in [-0.05, 0) is 31.2 Å². The van der Waals surface area contributed by atoms with Crippen molar-refractivity contribution in [3.05, 3.63) is 93.7 Å². The molecule has 0 unspecified atom stereocenters. The summed E-state index contributed by atoms with van der Waals surface area (Å²) in [5.74, 6) is -3.21. The molecule has 0 saturated carbocycles. The van der Waals surface area contributed by atoms with Gasteiger partial charge in [-0.2, -0.15) is 13.1 Å². The van der Waals surface area contributed by atoms with E-state index >= 15 is 0 Å². The van der Waals surface area contributed by atoms with Crippen molar-refractivity contribution in [2.75, 3.05) is 0 Å². The van der Waals surface area contributed by atoms with Gasteiger partial charge < -0.3 is 9.39 Å². The topological polar surface area (TPSA) is 104 Å². The molecule has 0 saturated heterocycles. The number of carbonyl (C=O) groups is 2. The van der Waals surface area contributed by atoms with Crippen molar-refractivity contribution in [3.63, 3.8) is 0 Å². The van der Waals surface area contributed by atoms with Crippen LogP contribution in [0.15, 0.2) is 59.8 Å². The second kappa shape index (κ2) is 6.49. The second-order valence-electron chi connectivity index (χ2n) is 6.44. The van der Waals surface area contributed by atoms with Gasteiger partial charge in [0, 0.05) is 11.6 Å². The zero-order valence-electron chi connectivity index (χ0n) is 14.9. The predicted octanol–water partition coefficient (Wildman–Crippen LogP) is 2.31. The first-order valence-electron chi connectivity index (χ1n) is 8.35. The smallest absolute Gasteiger partial charge is 0.339 e. The second-order valence-corrected chi connectivity index (χ2v) is 7.98. The molecule has 29 heavy (non-hydrogen) atoms. The van der Waals surface area contributed by atoms with Crippen LogP contribution in [0.5, 0.6) is 5.75 Å². The Balaban J connectivity index is 1.87. The molecule has 9 heteroatoms. The molecular weight excluding hydrogens is 401 g/mol. The molecule has 1 aliphatic rings. The zero-order chi connectivity index (χ0) is 20.9. The van der Waals surface area contributed by atoms with Gasteiger partial charge in [-0.1, -0.05) is 17.7 Å². The molecule has 0 aliphatic heterocycles. The summed E-state index contributed by atoms with van der Waals surface area (Å²) in [5, 5.41) is 11.6. The van der Waals surface area contributed by atoms with E-state index in [0.717, 1.165) is 36.2 Å². The highest BCUT2D eigenvalue weighted by Gasteiger charge is 2.37. The Hall–Kier alpha value is -3.59. The number of rotatable bonds is 3. The summed E-state index contributed by atoms with van der Waals surface area (Å²) in [4.78, 5) is 25.4. The van der Waals surface area contributed by atoms with E-state index in [-0.39, 0.29) is 16.0 Å². The van der Waals surface area contributed by atoms with E-state index < -0.39 is 44.4 Å². The van der Waals surface area contributed by atoms with Gasteiger partial charge >= 0.3 is 10.1 Å². The van der Waals surface area contributed by atoms with Crippen molar-refractivity contribution in [2.45, 2.75) is 11.8 Å². The lowest BCUT2D eigenvalue weighted by Crippen LogP contribution is -2.31. The summed E-state index contributed by atoms with van der Waals surface area (Å²) in [5.41, 5.74) is -0.714. The number of fused-ring (bicyclic) bond motifs is 2. The fourth-order valence-electron chi connectivity index (χ4n) is 3.07. The van der Waals surface area contributed by atoms with Crippen LogP contribution in [0.2, 0.25) is 0 Å². The Morgan fingerprint density at radius 2 is 1.59 bits per heavy atom. The Morgan fingerprint density at radius 3 is 2.28 bits per heavy atom. The quantitative estimate of drug-likeness (QED) is 0.290. The van der Waals surface area contributed by atoms with Gasteiger partial charge in [0.25, 0.3) is 0 Å². The molecule has 0 bridgehead atoms. The van der Waals surface area contributed by atoms with Crippen molar-refractivity contribution in [3.8, 4) is 5.75 Å². The molecule has 0 radical (unpaired) electrons. The summed E-state index contributed by atoms with van der Waals surface area (Å²) < 4.78 is 45.0. The molecule has 1 heterocycles. The Kier molecular flexibility index (Phi) is 4.20. The van der Waals surface area contributed by atoms with E-state index in [4.69, 9.17) is 4.18 Å². The molecule has 146 valence electrons. The molecule has 4 rings (SSSR count). The van der Waals surface area contributed by atoms with Crippen LogP contribution in [-0.2, 0) is 10.1 Å². The molecule has 2 aromatic carbocycles. The average molecular weight is 413 g/mol. The zero-order valence-corrected chi connectivity index (χ0v) is 15.7. The number of aryl methyl sites for hydroxylation is 1. The van der Waals surface area contributed by atoms with Crippen LogP contribution in [0.4, 0.5) is 4.39 Å². The van der Waals surface area contributed by atoms with Gasteiger partial charge in [0.2, 0.25) is 5.78 Å². The molecule has 1 aliphatic carbocycles. The van der Waals surface area contributed by atoms with Gasteiger partial charge in [0.05, 0.1) is 16.7 Å². The largest absolute Gasteiger partial charge is 0.619 e. The van der Waals surface area contributed by atoms with Crippen molar-refractivity contribution in [1.82, 2.24) is 0 Å². The lowest BCUT2D eigenvalue weighted by atomic mass is 9.84. The molecule has 0 N–H and O–H groups in total.